The van der Waals surface area contributed by atoms with Crippen molar-refractivity contribution < 1.29 is 65.6 Å². The molecule has 0 radical (unpaired) electrons. The number of phenolic OH excluding ortho intramolecular Hbond substituents is 2. The predicted octanol–water partition coefficient (Wildman–Crippen LogP) is 14.6. The van der Waals surface area contributed by atoms with Crippen LogP contribution in [-0.2, 0) is 48.5 Å². The van der Waals surface area contributed by atoms with Gasteiger partial charge in [0.05, 0.1) is 25.7 Å². The molecule has 0 spiro atoms. The molecule has 2 aromatic rings. The van der Waals surface area contributed by atoms with E-state index in [-0.39, 0.29) is 73.2 Å². The van der Waals surface area contributed by atoms with Gasteiger partial charge in [-0.15, -0.1) is 0 Å². The second kappa shape index (κ2) is 31.9. The zero-order chi connectivity index (χ0) is 47.2. The first kappa shape index (κ1) is 61.1. The Balaban J connectivity index is 0.00000115. The van der Waals surface area contributed by atoms with Crippen LogP contribution >= 0.6 is 18.8 Å². The van der Waals surface area contributed by atoms with Crippen LogP contribution in [0.15, 0.2) is 71.9 Å². The molecule has 4 rings (SSSR count). The van der Waals surface area contributed by atoms with Gasteiger partial charge in [-0.2, -0.15) is 0 Å². The molecule has 0 fully saturated rings. The van der Waals surface area contributed by atoms with Crippen LogP contribution in [0.25, 0.3) is 12.3 Å². The van der Waals surface area contributed by atoms with Crippen molar-refractivity contribution >= 4 is 42.7 Å². The summed E-state index contributed by atoms with van der Waals surface area (Å²) in [4.78, 5) is 46.3. The maximum atomic E-state index is 12.3. The van der Waals surface area contributed by atoms with E-state index in [1.807, 2.05) is 26.0 Å². The van der Waals surface area contributed by atoms with Crippen LogP contribution in [0.4, 0.5) is 0 Å². The number of unbranched alkanes of at least 4 members (excludes halogenated alkanes) is 4. The molecule has 0 heterocycles. The van der Waals surface area contributed by atoms with Crippen molar-refractivity contribution in [3.63, 3.8) is 0 Å². The van der Waals surface area contributed by atoms with Gasteiger partial charge in [0.25, 0.3) is 0 Å². The van der Waals surface area contributed by atoms with Crippen LogP contribution in [-0.4, -0.2) is 44.3 Å². The average molecular weight is 1130 g/mol. The summed E-state index contributed by atoms with van der Waals surface area (Å²) < 4.78 is 11.2. The van der Waals surface area contributed by atoms with E-state index in [2.05, 4.69) is 53.0 Å². The SMILES string of the molecule is C=C(C)C1CCC(C)=CC1c1c(O)cc(CCCCC)cc1OC(=O)CCC(=O)O.C=C(C)C1CCC(C)=CC1c1c(O)cc(CCCCC)cc1OC(=O)CCC(=O)O.[Cl][Pt+2][Cl].[NH2-].[NH2-]. The van der Waals surface area contributed by atoms with E-state index in [4.69, 9.17) is 38.5 Å². The van der Waals surface area contributed by atoms with Crippen LogP contribution in [0, 0.1) is 11.8 Å². The Morgan fingerprint density at radius 3 is 1.28 bits per heavy atom. The van der Waals surface area contributed by atoms with Crippen molar-refractivity contribution in [1.82, 2.24) is 0 Å². The van der Waals surface area contributed by atoms with Crippen molar-refractivity contribution in [1.29, 1.82) is 0 Å². The van der Waals surface area contributed by atoms with Crippen molar-refractivity contribution in [3.05, 3.63) is 106 Å². The summed E-state index contributed by atoms with van der Waals surface area (Å²) >= 11 is -0.472. The van der Waals surface area contributed by atoms with E-state index in [0.717, 1.165) is 99.3 Å². The smallest absolute Gasteiger partial charge is 0.693 e. The summed E-state index contributed by atoms with van der Waals surface area (Å²) in [6, 6.07) is 7.20. The summed E-state index contributed by atoms with van der Waals surface area (Å²) in [5, 5.41) is 39.6. The minimum absolute atomic E-state index is 0. The van der Waals surface area contributed by atoms with E-state index < -0.39 is 40.4 Å². The molecule has 0 bridgehead atoms. The molecule has 4 atom stereocenters. The number of aryl methyl sites for hydroxylation is 2. The standard InChI is InChI=1S/2C25H34O5.2ClH.2H2N.Pt/c2*1-5-6-7-8-18-14-21(26)25(20-13-17(4)9-10-19(20)16(2)3)22(15-18)30-24(29)12-11-23(27)28;;;;;/h2*13-15,19-20,26H,2,5-12H2,1,3-4H3,(H,27,28);2*1H;2*1H2;/q;;;;2*-1;+4/p-2. The molecule has 65 heavy (non-hydrogen) atoms. The number of hydrogen-bond acceptors (Lipinski definition) is 8. The molecule has 4 unspecified atom stereocenters. The Morgan fingerprint density at radius 1 is 0.646 bits per heavy atom. The van der Waals surface area contributed by atoms with Gasteiger partial charge in [0.2, 0.25) is 0 Å². The zero-order valence-electron chi connectivity index (χ0n) is 39.0. The first-order valence-corrected chi connectivity index (χ1v) is 27.5. The number of aromatic hydroxyl groups is 2. The molecule has 366 valence electrons. The van der Waals surface area contributed by atoms with Gasteiger partial charge in [-0.1, -0.05) is 87.1 Å². The first-order chi connectivity index (χ1) is 29.9. The maximum Gasteiger partial charge on any atom is -0.693 e. The van der Waals surface area contributed by atoms with Crippen LogP contribution in [0.2, 0.25) is 0 Å². The van der Waals surface area contributed by atoms with E-state index in [1.54, 1.807) is 12.1 Å². The third-order valence-corrected chi connectivity index (χ3v) is 11.5. The summed E-state index contributed by atoms with van der Waals surface area (Å²) in [6.45, 7) is 20.6. The number of benzene rings is 2. The van der Waals surface area contributed by atoms with Crippen LogP contribution in [0.5, 0.6) is 23.0 Å². The minimum atomic E-state index is -1.04. The number of carbonyl (C=O) groups excluding carboxylic acids is 2. The molecule has 2 aromatic carbocycles. The molecule has 0 aliphatic heterocycles. The van der Waals surface area contributed by atoms with Crippen molar-refractivity contribution in [2.45, 2.75) is 156 Å². The Bertz CT molecular complexity index is 1830. The number of aliphatic carboxylic acids is 2. The van der Waals surface area contributed by atoms with Gasteiger partial charge < -0.3 is 42.2 Å². The quantitative estimate of drug-likeness (QED) is 0.0423. The monoisotopic (exact) mass is 1130 g/mol. The molecular weight excluding hydrogens is 1050 g/mol. The molecule has 12 nitrogen and oxygen atoms in total. The van der Waals surface area contributed by atoms with E-state index in [9.17, 15) is 29.4 Å². The predicted molar refractivity (Wildman–Crippen MR) is 258 cm³/mol. The van der Waals surface area contributed by atoms with Gasteiger partial charge in [-0.25, -0.2) is 0 Å². The molecule has 2 aliphatic rings. The van der Waals surface area contributed by atoms with Gasteiger partial charge in [0.1, 0.15) is 23.0 Å². The molecule has 0 saturated heterocycles. The first-order valence-electron chi connectivity index (χ1n) is 21.9. The number of carboxylic acid groups (broad SMARTS) is 2. The average Bonchev–Trinajstić information content (AvgIpc) is 3.19. The molecule has 2 aliphatic carbocycles. The Morgan fingerprint density at radius 2 is 0.985 bits per heavy atom. The Labute approximate surface area is 403 Å². The van der Waals surface area contributed by atoms with Crippen LogP contribution < -0.4 is 9.47 Å². The van der Waals surface area contributed by atoms with Gasteiger partial charge in [0, 0.05) is 23.0 Å². The molecular formula is C50H72Cl2N2O10Pt. The number of nitrogens with two attached hydrogens (primary N) is 2. The van der Waals surface area contributed by atoms with Gasteiger partial charge >= 0.3 is 59.2 Å². The maximum absolute atomic E-state index is 12.3. The number of esters is 2. The number of phenols is 2. The van der Waals surface area contributed by atoms with Crippen molar-refractivity contribution in [2.24, 2.45) is 11.8 Å². The molecule has 0 saturated carbocycles. The largest absolute Gasteiger partial charge is 0.693 e. The Kier molecular flexibility index (Phi) is 30.0. The fourth-order valence-electron chi connectivity index (χ4n) is 8.20. The molecule has 0 amide bonds. The molecule has 0 aromatic heterocycles. The second-order valence-corrected chi connectivity index (χ2v) is 20.1. The van der Waals surface area contributed by atoms with E-state index in [0.29, 0.717) is 22.6 Å². The Hall–Kier alpha value is -3.93. The fraction of sp³-hybridized carbons (Fsp3) is 0.520. The molecule has 8 N–H and O–H groups in total. The fourth-order valence-corrected chi connectivity index (χ4v) is 8.20. The topological polar surface area (TPSA) is 235 Å². The van der Waals surface area contributed by atoms with Crippen LogP contribution in [0.1, 0.15) is 166 Å². The summed E-state index contributed by atoms with van der Waals surface area (Å²) in [6.07, 6.45) is 14.9. The third-order valence-electron chi connectivity index (χ3n) is 11.5. The summed E-state index contributed by atoms with van der Waals surface area (Å²) in [5.74, 6) is -2.39. The van der Waals surface area contributed by atoms with Gasteiger partial charge in [-0.05, 0) is 126 Å². The van der Waals surface area contributed by atoms with Crippen LogP contribution in [0.3, 0.4) is 0 Å². The van der Waals surface area contributed by atoms with Crippen molar-refractivity contribution in [3.8, 4) is 23.0 Å². The van der Waals surface area contributed by atoms with Crippen molar-refractivity contribution in [2.75, 3.05) is 0 Å². The second-order valence-electron chi connectivity index (χ2n) is 16.8. The number of halogens is 2. The number of carbonyl (C=O) groups is 4. The normalized spacial score (nSPS) is 17.5. The summed E-state index contributed by atoms with van der Waals surface area (Å²) in [7, 11) is 9.75. The number of rotatable bonds is 20. The van der Waals surface area contributed by atoms with Gasteiger partial charge in [-0.3, -0.25) is 19.2 Å². The number of ether oxygens (including phenoxy) is 2. The summed E-state index contributed by atoms with van der Waals surface area (Å²) in [5.41, 5.74) is 7.51. The molecule has 15 heteroatoms. The number of allylic oxidation sites excluding steroid dienone is 6. The zero-order valence-corrected chi connectivity index (χ0v) is 42.8. The third kappa shape index (κ3) is 21.1. The minimum Gasteiger partial charge on any atom is -0.693 e. The van der Waals surface area contributed by atoms with Gasteiger partial charge in [0.15, 0.2) is 0 Å². The number of carboxylic acids is 2. The van der Waals surface area contributed by atoms with E-state index >= 15 is 0 Å². The van der Waals surface area contributed by atoms with E-state index in [1.165, 1.54) is 11.1 Å². The number of hydrogen-bond donors (Lipinski definition) is 4.